The second kappa shape index (κ2) is 5.78. The van der Waals surface area contributed by atoms with Gasteiger partial charge in [-0.05, 0) is 44.8 Å². The summed E-state index contributed by atoms with van der Waals surface area (Å²) in [6.45, 7) is 4.30. The van der Waals surface area contributed by atoms with Gasteiger partial charge in [-0.2, -0.15) is 11.8 Å². The van der Waals surface area contributed by atoms with Crippen molar-refractivity contribution in [3.8, 4) is 0 Å². The normalized spacial score (nSPS) is 28.5. The Morgan fingerprint density at radius 1 is 1.33 bits per heavy atom. The summed E-state index contributed by atoms with van der Waals surface area (Å²) in [5.74, 6) is 1.14. The van der Waals surface area contributed by atoms with Crippen molar-refractivity contribution in [3.05, 3.63) is 0 Å². The largest absolute Gasteiger partial charge is 0.342 e. The zero-order valence-electron chi connectivity index (χ0n) is 10.3. The quantitative estimate of drug-likeness (QED) is 0.741. The lowest BCUT2D eigenvalue weighted by Crippen LogP contribution is -2.42. The average molecular weight is 229 g/mol. The van der Waals surface area contributed by atoms with Crippen LogP contribution in [-0.2, 0) is 4.79 Å². The molecule has 1 aliphatic rings. The highest BCUT2D eigenvalue weighted by Gasteiger charge is 2.26. The lowest BCUT2D eigenvalue weighted by molar-refractivity contribution is -0.131. The maximum absolute atomic E-state index is 12.0. The van der Waals surface area contributed by atoms with E-state index >= 15 is 0 Å². The summed E-state index contributed by atoms with van der Waals surface area (Å²) < 4.78 is 0. The van der Waals surface area contributed by atoms with Crippen molar-refractivity contribution in [1.29, 1.82) is 0 Å². The van der Waals surface area contributed by atoms with Crippen molar-refractivity contribution >= 4 is 17.7 Å². The molecule has 0 saturated heterocycles. The molecule has 0 radical (unpaired) electrons. The van der Waals surface area contributed by atoms with Crippen LogP contribution in [0, 0.1) is 5.92 Å². The third-order valence-electron chi connectivity index (χ3n) is 3.58. The maximum atomic E-state index is 12.0. The molecule has 1 fully saturated rings. The predicted molar refractivity (Wildman–Crippen MR) is 67.2 cm³/mol. The Morgan fingerprint density at radius 2 is 1.87 bits per heavy atom. The minimum Gasteiger partial charge on any atom is -0.342 e. The fourth-order valence-corrected chi connectivity index (χ4v) is 2.57. The first kappa shape index (κ1) is 12.9. The Kier molecular flexibility index (Phi) is 4.97. The minimum absolute atomic E-state index is 0.106. The number of amides is 1. The summed E-state index contributed by atoms with van der Waals surface area (Å²) in [5.41, 5.74) is 0. The van der Waals surface area contributed by atoms with Gasteiger partial charge in [-0.15, -0.1) is 0 Å². The van der Waals surface area contributed by atoms with E-state index in [1.54, 1.807) is 11.8 Å². The van der Waals surface area contributed by atoms with Gasteiger partial charge in [0.15, 0.2) is 0 Å². The van der Waals surface area contributed by atoms with Gasteiger partial charge in [0.2, 0.25) is 5.91 Å². The topological polar surface area (TPSA) is 20.3 Å². The molecule has 1 unspecified atom stereocenters. The van der Waals surface area contributed by atoms with E-state index in [0.29, 0.717) is 11.9 Å². The smallest absolute Gasteiger partial charge is 0.235 e. The van der Waals surface area contributed by atoms with Crippen LogP contribution >= 0.6 is 11.8 Å². The second-order valence-electron chi connectivity index (χ2n) is 4.74. The summed E-state index contributed by atoms with van der Waals surface area (Å²) in [5, 5.41) is 0.106. The van der Waals surface area contributed by atoms with Gasteiger partial charge in [0.05, 0.1) is 5.25 Å². The number of carbonyl (C=O) groups is 1. The molecule has 0 bridgehead atoms. The van der Waals surface area contributed by atoms with E-state index in [1.807, 2.05) is 25.1 Å². The molecule has 0 spiro atoms. The summed E-state index contributed by atoms with van der Waals surface area (Å²) in [6.07, 6.45) is 6.92. The van der Waals surface area contributed by atoms with Crippen molar-refractivity contribution in [2.75, 3.05) is 13.3 Å². The molecule has 1 aliphatic carbocycles. The van der Waals surface area contributed by atoms with Crippen LogP contribution in [0.3, 0.4) is 0 Å². The Hall–Kier alpha value is -0.180. The monoisotopic (exact) mass is 229 g/mol. The molecule has 0 aromatic rings. The number of thioether (sulfide) groups is 1. The zero-order valence-corrected chi connectivity index (χ0v) is 11.1. The molecule has 0 aromatic carbocycles. The molecule has 0 heterocycles. The van der Waals surface area contributed by atoms with Crippen LogP contribution in [0.25, 0.3) is 0 Å². The van der Waals surface area contributed by atoms with E-state index in [1.165, 1.54) is 25.7 Å². The van der Waals surface area contributed by atoms with Gasteiger partial charge in [-0.3, -0.25) is 4.79 Å². The highest BCUT2D eigenvalue weighted by molar-refractivity contribution is 7.99. The first-order chi connectivity index (χ1) is 7.06. The van der Waals surface area contributed by atoms with Crippen molar-refractivity contribution in [2.24, 2.45) is 5.92 Å². The molecule has 0 aromatic heterocycles. The highest BCUT2D eigenvalue weighted by atomic mass is 32.2. The number of hydrogen-bond donors (Lipinski definition) is 0. The van der Waals surface area contributed by atoms with Gasteiger partial charge in [0.25, 0.3) is 0 Å². The molecule has 1 amide bonds. The fourth-order valence-electron chi connectivity index (χ4n) is 2.20. The zero-order chi connectivity index (χ0) is 11.4. The van der Waals surface area contributed by atoms with Crippen molar-refractivity contribution in [2.45, 2.75) is 50.8 Å². The molecule has 15 heavy (non-hydrogen) atoms. The van der Waals surface area contributed by atoms with Crippen LogP contribution in [0.5, 0.6) is 0 Å². The van der Waals surface area contributed by atoms with Crippen molar-refractivity contribution in [3.63, 3.8) is 0 Å². The number of rotatable bonds is 3. The molecule has 3 heteroatoms. The Labute approximate surface area is 97.8 Å². The first-order valence-electron chi connectivity index (χ1n) is 5.85. The van der Waals surface area contributed by atoms with Gasteiger partial charge in [-0.25, -0.2) is 0 Å². The summed E-state index contributed by atoms with van der Waals surface area (Å²) in [4.78, 5) is 13.9. The van der Waals surface area contributed by atoms with Crippen LogP contribution in [0.15, 0.2) is 0 Å². The molecule has 1 atom stereocenters. The van der Waals surface area contributed by atoms with Crippen LogP contribution in [0.2, 0.25) is 0 Å². The van der Waals surface area contributed by atoms with Gasteiger partial charge in [0.1, 0.15) is 0 Å². The Balaban J connectivity index is 2.46. The predicted octanol–water partition coefficient (Wildman–Crippen LogP) is 2.78. The van der Waals surface area contributed by atoms with E-state index in [0.717, 1.165) is 5.92 Å². The highest BCUT2D eigenvalue weighted by Crippen LogP contribution is 2.27. The molecule has 1 rings (SSSR count). The molecule has 0 N–H and O–H groups in total. The van der Waals surface area contributed by atoms with E-state index in [9.17, 15) is 4.79 Å². The minimum atomic E-state index is 0.106. The van der Waals surface area contributed by atoms with Crippen molar-refractivity contribution in [1.82, 2.24) is 4.90 Å². The molecular formula is C12H23NOS. The lowest BCUT2D eigenvalue weighted by Gasteiger charge is -2.34. The molecule has 1 saturated carbocycles. The van der Waals surface area contributed by atoms with E-state index in [2.05, 4.69) is 6.92 Å². The number of nitrogens with zero attached hydrogens (tertiary/aromatic N) is 1. The molecule has 0 aliphatic heterocycles. The van der Waals surface area contributed by atoms with Gasteiger partial charge >= 0.3 is 0 Å². The SMILES string of the molecule is CSC(C)C(=O)N(C)C1CCC(C)CC1. The Bertz CT molecular complexity index is 212. The standard InChI is InChI=1S/C12H23NOS/c1-9-5-7-11(8-6-9)13(3)12(14)10(2)15-4/h9-11H,5-8H2,1-4H3. The third-order valence-corrected chi connectivity index (χ3v) is 4.49. The second-order valence-corrected chi connectivity index (χ2v) is 5.92. The summed E-state index contributed by atoms with van der Waals surface area (Å²) in [6, 6.07) is 0.489. The van der Waals surface area contributed by atoms with Crippen LogP contribution in [0.1, 0.15) is 39.5 Å². The fraction of sp³-hybridized carbons (Fsp3) is 0.917. The molecular weight excluding hydrogens is 206 g/mol. The summed E-state index contributed by atoms with van der Waals surface area (Å²) in [7, 11) is 1.97. The van der Waals surface area contributed by atoms with Gasteiger partial charge < -0.3 is 4.90 Å². The van der Waals surface area contributed by atoms with Gasteiger partial charge in [-0.1, -0.05) is 6.92 Å². The van der Waals surface area contributed by atoms with Crippen LogP contribution in [-0.4, -0.2) is 35.4 Å². The molecule has 2 nitrogen and oxygen atoms in total. The average Bonchev–Trinajstić information content (AvgIpc) is 2.27. The number of hydrogen-bond acceptors (Lipinski definition) is 2. The number of carbonyl (C=O) groups excluding carboxylic acids is 1. The van der Waals surface area contributed by atoms with Crippen molar-refractivity contribution < 1.29 is 4.79 Å². The maximum Gasteiger partial charge on any atom is 0.235 e. The van der Waals surface area contributed by atoms with E-state index < -0.39 is 0 Å². The van der Waals surface area contributed by atoms with Crippen LogP contribution < -0.4 is 0 Å². The van der Waals surface area contributed by atoms with Crippen LogP contribution in [0.4, 0.5) is 0 Å². The van der Waals surface area contributed by atoms with E-state index in [4.69, 9.17) is 0 Å². The third kappa shape index (κ3) is 3.40. The first-order valence-corrected chi connectivity index (χ1v) is 7.14. The summed E-state index contributed by atoms with van der Waals surface area (Å²) >= 11 is 1.63. The lowest BCUT2D eigenvalue weighted by atomic mass is 9.86. The van der Waals surface area contributed by atoms with E-state index in [-0.39, 0.29) is 5.25 Å². The molecule has 88 valence electrons. The van der Waals surface area contributed by atoms with Gasteiger partial charge in [0, 0.05) is 13.1 Å². The Morgan fingerprint density at radius 3 is 2.33 bits per heavy atom.